The van der Waals surface area contributed by atoms with Crippen LogP contribution >= 0.6 is 0 Å². The number of amides is 1. The van der Waals surface area contributed by atoms with Gasteiger partial charge in [0.05, 0.1) is 6.61 Å². The number of halogens is 5. The van der Waals surface area contributed by atoms with Crippen LogP contribution in [-0.2, 0) is 0 Å². The summed E-state index contributed by atoms with van der Waals surface area (Å²) >= 11 is 0. The normalized spacial score (nSPS) is 14.4. The summed E-state index contributed by atoms with van der Waals surface area (Å²) in [5, 5.41) is 0. The zero-order valence-electron chi connectivity index (χ0n) is 14.9. The van der Waals surface area contributed by atoms with E-state index in [1.165, 1.54) is 4.90 Å². The van der Waals surface area contributed by atoms with Crippen molar-refractivity contribution in [1.29, 1.82) is 0 Å². The standard InChI is InChI=1S/C19H17F5N2O2/c1-2-28-12-5-3-11(4-6-12)19(27)26-9-7-25(8-10-26)18-16(23)14(21)13(20)15(22)17(18)24/h3-6H,2,7-10H2,1H3. The Morgan fingerprint density at radius 2 is 1.36 bits per heavy atom. The molecule has 1 aliphatic heterocycles. The Bertz CT molecular complexity index is 852. The molecule has 0 unspecified atom stereocenters. The summed E-state index contributed by atoms with van der Waals surface area (Å²) in [5.41, 5.74) is -0.558. The Labute approximate surface area is 158 Å². The lowest BCUT2D eigenvalue weighted by atomic mass is 10.1. The van der Waals surface area contributed by atoms with Gasteiger partial charge in [-0.2, -0.15) is 0 Å². The minimum atomic E-state index is -2.19. The predicted molar refractivity (Wildman–Crippen MR) is 92.0 cm³/mol. The molecule has 0 saturated carbocycles. The van der Waals surface area contributed by atoms with Gasteiger partial charge in [-0.3, -0.25) is 4.79 Å². The van der Waals surface area contributed by atoms with Crippen molar-refractivity contribution in [2.24, 2.45) is 0 Å². The molecule has 2 aromatic rings. The van der Waals surface area contributed by atoms with E-state index in [4.69, 9.17) is 4.74 Å². The van der Waals surface area contributed by atoms with Gasteiger partial charge < -0.3 is 14.5 Å². The number of ether oxygens (including phenoxy) is 1. The van der Waals surface area contributed by atoms with Crippen molar-refractivity contribution in [3.63, 3.8) is 0 Å². The minimum Gasteiger partial charge on any atom is -0.494 e. The van der Waals surface area contributed by atoms with Crippen LogP contribution in [-0.4, -0.2) is 43.6 Å². The number of hydrogen-bond acceptors (Lipinski definition) is 3. The lowest BCUT2D eigenvalue weighted by Gasteiger charge is -2.36. The van der Waals surface area contributed by atoms with Crippen molar-refractivity contribution in [1.82, 2.24) is 4.90 Å². The number of nitrogens with zero attached hydrogens (tertiary/aromatic N) is 2. The van der Waals surface area contributed by atoms with E-state index in [2.05, 4.69) is 0 Å². The van der Waals surface area contributed by atoms with Gasteiger partial charge in [-0.1, -0.05) is 0 Å². The van der Waals surface area contributed by atoms with Crippen LogP contribution in [0.1, 0.15) is 17.3 Å². The molecule has 0 aromatic heterocycles. The fourth-order valence-electron chi connectivity index (χ4n) is 3.05. The summed E-state index contributed by atoms with van der Waals surface area (Å²) in [5.74, 6) is -9.58. The van der Waals surface area contributed by atoms with Gasteiger partial charge in [0.25, 0.3) is 5.91 Å². The highest BCUT2D eigenvalue weighted by Gasteiger charge is 2.31. The zero-order chi connectivity index (χ0) is 20.4. The second-order valence-electron chi connectivity index (χ2n) is 6.16. The number of rotatable bonds is 4. The van der Waals surface area contributed by atoms with Crippen LogP contribution in [0.15, 0.2) is 24.3 Å². The molecule has 0 N–H and O–H groups in total. The van der Waals surface area contributed by atoms with E-state index < -0.39 is 34.8 Å². The monoisotopic (exact) mass is 400 g/mol. The highest BCUT2D eigenvalue weighted by Crippen LogP contribution is 2.31. The first-order valence-corrected chi connectivity index (χ1v) is 8.63. The maximum Gasteiger partial charge on any atom is 0.253 e. The SMILES string of the molecule is CCOc1ccc(C(=O)N2CCN(c3c(F)c(F)c(F)c(F)c3F)CC2)cc1. The summed E-state index contributed by atoms with van der Waals surface area (Å²) < 4.78 is 73.2. The molecule has 1 heterocycles. The molecule has 4 nitrogen and oxygen atoms in total. The topological polar surface area (TPSA) is 32.8 Å². The Kier molecular flexibility index (Phi) is 5.71. The highest BCUT2D eigenvalue weighted by atomic mass is 19.2. The van der Waals surface area contributed by atoms with E-state index in [1.807, 2.05) is 6.92 Å². The quantitative estimate of drug-likeness (QED) is 0.445. The van der Waals surface area contributed by atoms with Gasteiger partial charge in [-0.25, -0.2) is 22.0 Å². The van der Waals surface area contributed by atoms with Crippen molar-refractivity contribution >= 4 is 11.6 Å². The number of anilines is 1. The summed E-state index contributed by atoms with van der Waals surface area (Å²) in [7, 11) is 0. The van der Waals surface area contributed by atoms with Crippen molar-refractivity contribution in [3.05, 3.63) is 58.9 Å². The molecular formula is C19H17F5N2O2. The van der Waals surface area contributed by atoms with Crippen LogP contribution < -0.4 is 9.64 Å². The first kappa shape index (κ1) is 19.9. The molecule has 0 aliphatic carbocycles. The largest absolute Gasteiger partial charge is 0.494 e. The van der Waals surface area contributed by atoms with Gasteiger partial charge in [0.1, 0.15) is 11.4 Å². The third-order valence-corrected chi connectivity index (χ3v) is 4.48. The van der Waals surface area contributed by atoms with Crippen LogP contribution in [0.3, 0.4) is 0 Å². The Morgan fingerprint density at radius 3 is 1.86 bits per heavy atom. The fraction of sp³-hybridized carbons (Fsp3) is 0.316. The molecular weight excluding hydrogens is 383 g/mol. The van der Waals surface area contributed by atoms with E-state index in [0.29, 0.717) is 17.9 Å². The first-order chi connectivity index (χ1) is 13.3. The average molecular weight is 400 g/mol. The molecule has 150 valence electrons. The van der Waals surface area contributed by atoms with E-state index in [0.717, 1.165) is 4.90 Å². The molecule has 3 rings (SSSR count). The summed E-state index contributed by atoms with van der Waals surface area (Å²) in [6.45, 7) is 2.34. The van der Waals surface area contributed by atoms with Gasteiger partial charge in [0.2, 0.25) is 5.82 Å². The van der Waals surface area contributed by atoms with Crippen LogP contribution in [0.5, 0.6) is 5.75 Å². The maximum absolute atomic E-state index is 14.0. The summed E-state index contributed by atoms with van der Waals surface area (Å²) in [6.07, 6.45) is 0. The molecule has 1 aliphatic rings. The summed E-state index contributed by atoms with van der Waals surface area (Å²) in [4.78, 5) is 15.1. The molecule has 0 spiro atoms. The first-order valence-electron chi connectivity index (χ1n) is 8.63. The molecule has 0 radical (unpaired) electrons. The third-order valence-electron chi connectivity index (χ3n) is 4.48. The second-order valence-corrected chi connectivity index (χ2v) is 6.16. The third kappa shape index (κ3) is 3.61. The smallest absolute Gasteiger partial charge is 0.253 e. The Hall–Kier alpha value is -2.84. The van der Waals surface area contributed by atoms with Crippen LogP contribution in [0.4, 0.5) is 27.6 Å². The predicted octanol–water partition coefficient (Wildman–Crippen LogP) is 3.74. The molecule has 2 aromatic carbocycles. The van der Waals surface area contributed by atoms with E-state index >= 15 is 0 Å². The molecule has 1 amide bonds. The van der Waals surface area contributed by atoms with E-state index in [-0.39, 0.29) is 32.1 Å². The van der Waals surface area contributed by atoms with Gasteiger partial charge in [0, 0.05) is 31.7 Å². The number of carbonyl (C=O) groups is 1. The van der Waals surface area contributed by atoms with E-state index in [1.54, 1.807) is 24.3 Å². The van der Waals surface area contributed by atoms with E-state index in [9.17, 15) is 26.7 Å². The maximum atomic E-state index is 14.0. The number of carbonyl (C=O) groups excluding carboxylic acids is 1. The zero-order valence-corrected chi connectivity index (χ0v) is 14.9. The second kappa shape index (κ2) is 8.04. The van der Waals surface area contributed by atoms with Gasteiger partial charge >= 0.3 is 0 Å². The van der Waals surface area contributed by atoms with Crippen LogP contribution in [0.25, 0.3) is 0 Å². The molecule has 1 saturated heterocycles. The molecule has 9 heteroatoms. The van der Waals surface area contributed by atoms with Crippen molar-refractivity contribution in [3.8, 4) is 5.75 Å². The van der Waals surface area contributed by atoms with Crippen molar-refractivity contribution in [2.45, 2.75) is 6.92 Å². The number of hydrogen-bond donors (Lipinski definition) is 0. The fourth-order valence-corrected chi connectivity index (χ4v) is 3.05. The van der Waals surface area contributed by atoms with Crippen LogP contribution in [0.2, 0.25) is 0 Å². The van der Waals surface area contributed by atoms with Crippen molar-refractivity contribution < 1.29 is 31.5 Å². The molecule has 1 fully saturated rings. The highest BCUT2D eigenvalue weighted by molar-refractivity contribution is 5.94. The minimum absolute atomic E-state index is 0.0683. The van der Waals surface area contributed by atoms with Crippen molar-refractivity contribution in [2.75, 3.05) is 37.7 Å². The summed E-state index contributed by atoms with van der Waals surface area (Å²) in [6, 6.07) is 6.51. The molecule has 0 atom stereocenters. The number of piperazine rings is 1. The average Bonchev–Trinajstić information content (AvgIpc) is 2.72. The number of benzene rings is 2. The van der Waals surface area contributed by atoms with Gasteiger partial charge in [-0.15, -0.1) is 0 Å². The molecule has 0 bridgehead atoms. The molecule has 28 heavy (non-hydrogen) atoms. The Balaban J connectivity index is 1.72. The Morgan fingerprint density at radius 1 is 0.857 bits per heavy atom. The lowest BCUT2D eigenvalue weighted by molar-refractivity contribution is 0.0746. The lowest BCUT2D eigenvalue weighted by Crippen LogP contribution is -2.49. The van der Waals surface area contributed by atoms with Gasteiger partial charge in [0.15, 0.2) is 23.3 Å². The van der Waals surface area contributed by atoms with Crippen LogP contribution in [0, 0.1) is 29.1 Å². The van der Waals surface area contributed by atoms with Gasteiger partial charge in [-0.05, 0) is 31.2 Å².